The molecule has 3 nitrogen and oxygen atoms in total. The average Bonchev–Trinajstić information content (AvgIpc) is 2.28. The summed E-state index contributed by atoms with van der Waals surface area (Å²) in [6.45, 7) is 3.94. The molecule has 1 aliphatic rings. The van der Waals surface area contributed by atoms with Crippen LogP contribution in [0.4, 0.5) is 0 Å². The largest absolute Gasteiger partial charge is 0.466 e. The fourth-order valence-electron chi connectivity index (χ4n) is 2.30. The van der Waals surface area contributed by atoms with Gasteiger partial charge in [-0.15, -0.1) is 0 Å². The number of rotatable bonds is 4. The molecule has 1 N–H and O–H groups in total. The normalized spacial score (nSPS) is 22.1. The molecule has 88 valence electrons. The van der Waals surface area contributed by atoms with Gasteiger partial charge in [0.1, 0.15) is 0 Å². The van der Waals surface area contributed by atoms with Gasteiger partial charge >= 0.3 is 5.97 Å². The molecule has 0 amide bonds. The van der Waals surface area contributed by atoms with Crippen LogP contribution in [0.25, 0.3) is 0 Å². The minimum atomic E-state index is -0.524. The number of aliphatic hydroxyl groups is 1. The van der Waals surface area contributed by atoms with Gasteiger partial charge in [0.15, 0.2) is 0 Å². The monoisotopic (exact) mass is 214 g/mol. The van der Waals surface area contributed by atoms with E-state index in [1.54, 1.807) is 13.8 Å². The molecule has 0 aromatic heterocycles. The molecule has 0 aromatic rings. The number of esters is 1. The van der Waals surface area contributed by atoms with Crippen molar-refractivity contribution in [1.29, 1.82) is 0 Å². The summed E-state index contributed by atoms with van der Waals surface area (Å²) >= 11 is 0. The number of aliphatic hydroxyl groups excluding tert-OH is 1. The maximum atomic E-state index is 11.4. The summed E-state index contributed by atoms with van der Waals surface area (Å²) in [6, 6.07) is 0. The molecule has 0 radical (unpaired) electrons. The molecule has 1 aliphatic carbocycles. The van der Waals surface area contributed by atoms with Crippen molar-refractivity contribution >= 4 is 5.97 Å². The maximum Gasteiger partial charge on any atom is 0.311 e. The van der Waals surface area contributed by atoms with Gasteiger partial charge in [0.25, 0.3) is 0 Å². The Morgan fingerprint density at radius 2 is 2.00 bits per heavy atom. The predicted molar refractivity (Wildman–Crippen MR) is 58.4 cm³/mol. The number of carbonyl (C=O) groups excluding carboxylic acids is 1. The van der Waals surface area contributed by atoms with Crippen LogP contribution in [-0.4, -0.2) is 23.8 Å². The van der Waals surface area contributed by atoms with Gasteiger partial charge in [0, 0.05) is 0 Å². The van der Waals surface area contributed by atoms with Gasteiger partial charge in [-0.2, -0.15) is 0 Å². The van der Waals surface area contributed by atoms with E-state index in [1.165, 1.54) is 19.3 Å². The first kappa shape index (κ1) is 12.5. The third kappa shape index (κ3) is 3.49. The summed E-state index contributed by atoms with van der Waals surface area (Å²) in [5.74, 6) is -0.359. The van der Waals surface area contributed by atoms with E-state index in [2.05, 4.69) is 0 Å². The standard InChI is InChI=1S/C12H22O3/c1-3-15-12(14)9(2)11(13)10-7-5-4-6-8-10/h9-11,13H,3-8H2,1-2H3. The minimum Gasteiger partial charge on any atom is -0.466 e. The van der Waals surface area contributed by atoms with Crippen molar-refractivity contribution in [2.45, 2.75) is 52.1 Å². The van der Waals surface area contributed by atoms with Crippen LogP contribution in [0.1, 0.15) is 46.0 Å². The van der Waals surface area contributed by atoms with Gasteiger partial charge in [-0.1, -0.05) is 19.3 Å². The van der Waals surface area contributed by atoms with E-state index in [0.29, 0.717) is 6.61 Å². The summed E-state index contributed by atoms with van der Waals surface area (Å²) in [5, 5.41) is 10.0. The first-order valence-corrected chi connectivity index (χ1v) is 6.01. The lowest BCUT2D eigenvalue weighted by atomic mass is 9.81. The molecule has 3 heteroatoms. The lowest BCUT2D eigenvalue weighted by Crippen LogP contribution is -2.34. The second-order valence-electron chi connectivity index (χ2n) is 4.43. The average molecular weight is 214 g/mol. The summed E-state index contributed by atoms with van der Waals surface area (Å²) in [5.41, 5.74) is 0. The van der Waals surface area contributed by atoms with Crippen LogP contribution >= 0.6 is 0 Å². The Morgan fingerprint density at radius 1 is 1.40 bits per heavy atom. The van der Waals surface area contributed by atoms with Crippen LogP contribution in [0.3, 0.4) is 0 Å². The molecule has 0 spiro atoms. The summed E-state index contributed by atoms with van der Waals surface area (Å²) in [7, 11) is 0. The first-order chi connectivity index (χ1) is 7.16. The summed E-state index contributed by atoms with van der Waals surface area (Å²) in [4.78, 5) is 11.4. The second-order valence-corrected chi connectivity index (χ2v) is 4.43. The number of carbonyl (C=O) groups is 1. The number of hydrogen-bond acceptors (Lipinski definition) is 3. The Bertz CT molecular complexity index is 197. The molecule has 2 atom stereocenters. The van der Waals surface area contributed by atoms with Gasteiger partial charge < -0.3 is 9.84 Å². The SMILES string of the molecule is CCOC(=O)C(C)C(O)C1CCCCC1. The van der Waals surface area contributed by atoms with Crippen molar-refractivity contribution in [3.8, 4) is 0 Å². The fourth-order valence-corrected chi connectivity index (χ4v) is 2.30. The van der Waals surface area contributed by atoms with Gasteiger partial charge in [-0.3, -0.25) is 4.79 Å². The molecule has 2 unspecified atom stereocenters. The quantitative estimate of drug-likeness (QED) is 0.729. The first-order valence-electron chi connectivity index (χ1n) is 6.01. The van der Waals surface area contributed by atoms with Gasteiger partial charge in [0.05, 0.1) is 18.6 Å². The Kier molecular flexibility index (Phi) is 5.09. The highest BCUT2D eigenvalue weighted by Gasteiger charge is 2.30. The third-order valence-electron chi connectivity index (χ3n) is 3.30. The van der Waals surface area contributed by atoms with Gasteiger partial charge in [0.2, 0.25) is 0 Å². The van der Waals surface area contributed by atoms with Crippen LogP contribution < -0.4 is 0 Å². The van der Waals surface area contributed by atoms with Gasteiger partial charge in [-0.05, 0) is 32.6 Å². The highest BCUT2D eigenvalue weighted by Crippen LogP contribution is 2.29. The molecule has 1 saturated carbocycles. The molecular formula is C12H22O3. The van der Waals surface area contributed by atoms with Crippen LogP contribution in [0.2, 0.25) is 0 Å². The van der Waals surface area contributed by atoms with Crippen molar-refractivity contribution < 1.29 is 14.6 Å². The van der Waals surface area contributed by atoms with Crippen molar-refractivity contribution in [3.63, 3.8) is 0 Å². The second kappa shape index (κ2) is 6.11. The van der Waals surface area contributed by atoms with Crippen LogP contribution in [0.5, 0.6) is 0 Å². The van der Waals surface area contributed by atoms with E-state index in [0.717, 1.165) is 12.8 Å². The molecule has 0 heterocycles. The topological polar surface area (TPSA) is 46.5 Å². The Hall–Kier alpha value is -0.570. The molecule has 0 bridgehead atoms. The van der Waals surface area contributed by atoms with Crippen molar-refractivity contribution in [3.05, 3.63) is 0 Å². The van der Waals surface area contributed by atoms with E-state index in [9.17, 15) is 9.90 Å². The highest BCUT2D eigenvalue weighted by molar-refractivity contribution is 5.72. The Morgan fingerprint density at radius 3 is 2.53 bits per heavy atom. The maximum absolute atomic E-state index is 11.4. The van der Waals surface area contributed by atoms with Crippen LogP contribution in [0, 0.1) is 11.8 Å². The molecule has 1 rings (SSSR count). The van der Waals surface area contributed by atoms with Crippen molar-refractivity contribution in [1.82, 2.24) is 0 Å². The van der Waals surface area contributed by atoms with E-state index in [4.69, 9.17) is 4.74 Å². The van der Waals surface area contributed by atoms with Crippen molar-refractivity contribution in [2.24, 2.45) is 11.8 Å². The third-order valence-corrected chi connectivity index (χ3v) is 3.30. The highest BCUT2D eigenvalue weighted by atomic mass is 16.5. The Balaban J connectivity index is 2.43. The minimum absolute atomic E-state index is 0.268. The number of ether oxygens (including phenoxy) is 1. The molecule has 0 aliphatic heterocycles. The van der Waals surface area contributed by atoms with Crippen LogP contribution in [0.15, 0.2) is 0 Å². The zero-order valence-electron chi connectivity index (χ0n) is 9.74. The molecular weight excluding hydrogens is 192 g/mol. The lowest BCUT2D eigenvalue weighted by Gasteiger charge is -2.29. The van der Waals surface area contributed by atoms with E-state index in [1.807, 2.05) is 0 Å². The van der Waals surface area contributed by atoms with E-state index >= 15 is 0 Å². The summed E-state index contributed by atoms with van der Waals surface area (Å²) in [6.07, 6.45) is 5.19. The molecule has 0 aromatic carbocycles. The van der Waals surface area contributed by atoms with Crippen LogP contribution in [-0.2, 0) is 9.53 Å². The van der Waals surface area contributed by atoms with E-state index in [-0.39, 0.29) is 17.8 Å². The summed E-state index contributed by atoms with van der Waals surface area (Å²) < 4.78 is 4.92. The lowest BCUT2D eigenvalue weighted by molar-refractivity contribution is -0.152. The predicted octanol–water partition coefficient (Wildman–Crippen LogP) is 2.13. The molecule has 0 saturated heterocycles. The Labute approximate surface area is 91.8 Å². The fraction of sp³-hybridized carbons (Fsp3) is 0.917. The van der Waals surface area contributed by atoms with Crippen molar-refractivity contribution in [2.75, 3.05) is 6.61 Å². The molecule has 15 heavy (non-hydrogen) atoms. The zero-order chi connectivity index (χ0) is 11.3. The smallest absolute Gasteiger partial charge is 0.311 e. The van der Waals surface area contributed by atoms with Gasteiger partial charge in [-0.25, -0.2) is 0 Å². The molecule has 1 fully saturated rings. The number of hydrogen-bond donors (Lipinski definition) is 1. The zero-order valence-corrected chi connectivity index (χ0v) is 9.74. The van der Waals surface area contributed by atoms with E-state index < -0.39 is 6.10 Å².